The lowest BCUT2D eigenvalue weighted by atomic mass is 10.1. The van der Waals surface area contributed by atoms with E-state index < -0.39 is 28.7 Å². The molecule has 1 N–H and O–H groups in total. The summed E-state index contributed by atoms with van der Waals surface area (Å²) in [4.78, 5) is 32.6. The molecule has 0 spiro atoms. The van der Waals surface area contributed by atoms with Gasteiger partial charge in [0.05, 0.1) is 18.2 Å². The molecule has 0 aliphatic carbocycles. The molecule has 0 fully saturated rings. The number of aromatic hydroxyl groups is 1. The van der Waals surface area contributed by atoms with Crippen LogP contribution in [-0.4, -0.2) is 51.3 Å². The molecular weight excluding hydrogens is 452 g/mol. The number of amides is 1. The van der Waals surface area contributed by atoms with Gasteiger partial charge in [-0.05, 0) is 25.5 Å². The first-order valence-electron chi connectivity index (χ1n) is 10.4. The molecule has 2 aromatic heterocycles. The quantitative estimate of drug-likeness (QED) is 0.591. The second-order valence-corrected chi connectivity index (χ2v) is 9.30. The van der Waals surface area contributed by atoms with E-state index in [0.717, 1.165) is 6.07 Å². The van der Waals surface area contributed by atoms with Crippen LogP contribution in [0.3, 0.4) is 0 Å². The van der Waals surface area contributed by atoms with Crippen LogP contribution in [0.25, 0.3) is 10.6 Å². The van der Waals surface area contributed by atoms with E-state index in [2.05, 4.69) is 4.98 Å². The third-order valence-corrected chi connectivity index (χ3v) is 6.60. The third-order valence-electron chi connectivity index (χ3n) is 5.57. The van der Waals surface area contributed by atoms with Gasteiger partial charge in [-0.1, -0.05) is 6.07 Å². The van der Waals surface area contributed by atoms with Gasteiger partial charge in [0.2, 0.25) is 5.43 Å². The molecule has 3 aromatic rings. The van der Waals surface area contributed by atoms with Gasteiger partial charge in [0, 0.05) is 49.5 Å². The molecule has 1 aromatic carbocycles. The van der Waals surface area contributed by atoms with Crippen LogP contribution in [-0.2, 0) is 17.7 Å². The fourth-order valence-corrected chi connectivity index (χ4v) is 5.06. The topological polar surface area (TPSA) is 84.7 Å². The number of methoxy groups -OCH3 is 1. The van der Waals surface area contributed by atoms with Gasteiger partial charge in [0.15, 0.2) is 11.4 Å². The number of hydrogen-bond donors (Lipinski definition) is 1. The molecule has 4 rings (SSSR count). The molecule has 0 saturated heterocycles. The minimum absolute atomic E-state index is 0.0602. The van der Waals surface area contributed by atoms with Gasteiger partial charge in [-0.15, -0.1) is 11.3 Å². The molecule has 0 saturated carbocycles. The van der Waals surface area contributed by atoms with Crippen LogP contribution < -0.4 is 5.43 Å². The average Bonchev–Trinajstić information content (AvgIpc) is 3.20. The van der Waals surface area contributed by atoms with E-state index in [0.29, 0.717) is 28.6 Å². The molecule has 0 bridgehead atoms. The molecule has 3 heterocycles. The monoisotopic (exact) mass is 475 g/mol. The molecule has 1 atom stereocenters. The van der Waals surface area contributed by atoms with Crippen LogP contribution in [0.1, 0.15) is 34.8 Å². The normalized spacial score (nSPS) is 15.9. The lowest BCUT2D eigenvalue weighted by molar-refractivity contribution is 0.0307. The number of thiazole rings is 1. The summed E-state index contributed by atoms with van der Waals surface area (Å²) >= 11 is 1.17. The van der Waals surface area contributed by atoms with Crippen molar-refractivity contribution >= 4 is 17.2 Å². The number of benzene rings is 1. The number of carbonyl (C=O) groups excluding carboxylic acids is 1. The Morgan fingerprint density at radius 2 is 2.06 bits per heavy atom. The Balaban J connectivity index is 1.71. The number of aromatic nitrogens is 2. The minimum Gasteiger partial charge on any atom is -0.503 e. The van der Waals surface area contributed by atoms with Gasteiger partial charge in [0.25, 0.3) is 5.91 Å². The Morgan fingerprint density at radius 3 is 2.73 bits per heavy atom. The van der Waals surface area contributed by atoms with Crippen molar-refractivity contribution < 1.29 is 23.4 Å². The number of halogens is 2. The van der Waals surface area contributed by atoms with Gasteiger partial charge >= 0.3 is 0 Å². The molecule has 10 heteroatoms. The van der Waals surface area contributed by atoms with Crippen LogP contribution in [0.15, 0.2) is 35.4 Å². The predicted octanol–water partition coefficient (Wildman–Crippen LogP) is 3.43. The Kier molecular flexibility index (Phi) is 6.31. The highest BCUT2D eigenvalue weighted by Crippen LogP contribution is 2.31. The molecular formula is C23H23F2N3O4S. The fraction of sp³-hybridized carbons (Fsp3) is 0.348. The Bertz CT molecular complexity index is 1270. The van der Waals surface area contributed by atoms with Crippen LogP contribution in [0.2, 0.25) is 0 Å². The molecule has 1 aliphatic heterocycles. The zero-order valence-electron chi connectivity index (χ0n) is 18.3. The van der Waals surface area contributed by atoms with E-state index >= 15 is 0 Å². The second-order valence-electron chi connectivity index (χ2n) is 8.18. The summed E-state index contributed by atoms with van der Waals surface area (Å²) < 4.78 is 34.0. The molecule has 0 unspecified atom stereocenters. The SMILES string of the molecule is COC[C@@H]1Cn2cc(-c3ncc(Cc4ccc(F)cc4F)s3)c(=O)c(O)c2C(=O)N1C(C)C. The highest BCUT2D eigenvalue weighted by molar-refractivity contribution is 7.15. The minimum atomic E-state index is -0.697. The Hall–Kier alpha value is -3.11. The highest BCUT2D eigenvalue weighted by atomic mass is 32.1. The first-order chi connectivity index (χ1) is 15.7. The van der Waals surface area contributed by atoms with Crippen LogP contribution in [0.4, 0.5) is 8.78 Å². The number of nitrogens with zero attached hydrogens (tertiary/aromatic N) is 3. The third kappa shape index (κ3) is 4.28. The summed E-state index contributed by atoms with van der Waals surface area (Å²) in [5, 5.41) is 11.0. The number of pyridine rings is 1. The molecule has 0 radical (unpaired) electrons. The maximum Gasteiger partial charge on any atom is 0.275 e. The predicted molar refractivity (Wildman–Crippen MR) is 120 cm³/mol. The van der Waals surface area contributed by atoms with Crippen molar-refractivity contribution in [3.63, 3.8) is 0 Å². The van der Waals surface area contributed by atoms with Gasteiger partial charge in [-0.2, -0.15) is 0 Å². The highest BCUT2D eigenvalue weighted by Gasteiger charge is 2.37. The standard InChI is InChI=1S/C23H23F2N3O4S/c1-12(2)28-15(11-32-3)9-27-10-17(20(29)21(30)19(27)23(28)31)22-26-8-16(33-22)6-13-4-5-14(24)7-18(13)25/h4-5,7-8,10,12,15,30H,6,9,11H2,1-3H3/t15-/m0/s1. The summed E-state index contributed by atoms with van der Waals surface area (Å²) in [5.74, 6) is -2.38. The summed E-state index contributed by atoms with van der Waals surface area (Å²) in [7, 11) is 1.55. The first-order valence-corrected chi connectivity index (χ1v) is 11.2. The molecule has 1 aliphatic rings. The zero-order valence-corrected chi connectivity index (χ0v) is 19.2. The van der Waals surface area contributed by atoms with Crippen molar-refractivity contribution in [1.29, 1.82) is 0 Å². The Labute approximate surface area is 192 Å². The van der Waals surface area contributed by atoms with Crippen molar-refractivity contribution in [2.75, 3.05) is 13.7 Å². The summed E-state index contributed by atoms with van der Waals surface area (Å²) in [6.07, 6.45) is 3.22. The number of fused-ring (bicyclic) bond motifs is 1. The van der Waals surface area contributed by atoms with Gasteiger partial charge in [0.1, 0.15) is 16.6 Å². The van der Waals surface area contributed by atoms with E-state index in [1.54, 1.807) is 16.6 Å². The van der Waals surface area contributed by atoms with Crippen molar-refractivity contribution in [2.24, 2.45) is 0 Å². The van der Waals surface area contributed by atoms with Crippen LogP contribution >= 0.6 is 11.3 Å². The lowest BCUT2D eigenvalue weighted by Gasteiger charge is -2.40. The van der Waals surface area contributed by atoms with E-state index in [1.165, 1.54) is 35.9 Å². The van der Waals surface area contributed by atoms with E-state index in [1.807, 2.05) is 13.8 Å². The van der Waals surface area contributed by atoms with E-state index in [9.17, 15) is 23.5 Å². The largest absolute Gasteiger partial charge is 0.503 e. The van der Waals surface area contributed by atoms with E-state index in [-0.39, 0.29) is 29.8 Å². The number of carbonyl (C=O) groups is 1. The Morgan fingerprint density at radius 1 is 1.30 bits per heavy atom. The average molecular weight is 476 g/mol. The maximum atomic E-state index is 14.0. The van der Waals surface area contributed by atoms with Crippen LogP contribution in [0, 0.1) is 11.6 Å². The van der Waals surface area contributed by atoms with Crippen molar-refractivity contribution in [3.8, 4) is 16.3 Å². The second kappa shape index (κ2) is 9.03. The molecule has 33 heavy (non-hydrogen) atoms. The van der Waals surface area contributed by atoms with Crippen molar-refractivity contribution in [3.05, 3.63) is 68.6 Å². The van der Waals surface area contributed by atoms with E-state index in [4.69, 9.17) is 4.74 Å². The van der Waals surface area contributed by atoms with Crippen LogP contribution in [0.5, 0.6) is 5.75 Å². The zero-order chi connectivity index (χ0) is 23.9. The summed E-state index contributed by atoms with van der Waals surface area (Å²) in [6.45, 7) is 4.37. The van der Waals surface area contributed by atoms with Crippen molar-refractivity contribution in [2.45, 2.75) is 38.9 Å². The molecule has 174 valence electrons. The van der Waals surface area contributed by atoms with Gasteiger partial charge < -0.3 is 19.3 Å². The first kappa shape index (κ1) is 23.1. The lowest BCUT2D eigenvalue weighted by Crippen LogP contribution is -2.53. The smallest absolute Gasteiger partial charge is 0.275 e. The van der Waals surface area contributed by atoms with Gasteiger partial charge in [-0.3, -0.25) is 9.59 Å². The van der Waals surface area contributed by atoms with Crippen molar-refractivity contribution in [1.82, 2.24) is 14.5 Å². The number of hydrogen-bond acceptors (Lipinski definition) is 6. The summed E-state index contributed by atoms with van der Waals surface area (Å²) in [5.41, 5.74) is -0.306. The fourth-order valence-electron chi connectivity index (χ4n) is 4.12. The number of rotatable bonds is 6. The van der Waals surface area contributed by atoms with Gasteiger partial charge in [-0.25, -0.2) is 13.8 Å². The molecule has 7 nitrogen and oxygen atoms in total. The maximum absolute atomic E-state index is 14.0. The summed E-state index contributed by atoms with van der Waals surface area (Å²) in [6, 6.07) is 2.96. The number of ether oxygens (including phenoxy) is 1. The molecule has 1 amide bonds.